The molecule has 23 heavy (non-hydrogen) atoms. The number of dihydropyridines is 1. The van der Waals surface area contributed by atoms with Gasteiger partial charge in [0.1, 0.15) is 0 Å². The highest BCUT2D eigenvalue weighted by Crippen LogP contribution is 2.37. The minimum Gasteiger partial charge on any atom is -0.619 e. The molecule has 4 N–H and O–H groups in total. The van der Waals surface area contributed by atoms with Crippen LogP contribution in [0.3, 0.4) is 0 Å². The second-order valence-corrected chi connectivity index (χ2v) is 5.03. The maximum atomic E-state index is 12.3. The van der Waals surface area contributed by atoms with Crippen molar-refractivity contribution >= 4 is 11.9 Å². The quantitative estimate of drug-likeness (QED) is 0.432. The molecular weight excluding hydrogens is 302 g/mol. The number of nitrogens with zero attached hydrogens (tertiary/aromatic N) is 1. The van der Waals surface area contributed by atoms with Crippen LogP contribution in [0.25, 0.3) is 0 Å². The van der Waals surface area contributed by atoms with Gasteiger partial charge in [0.2, 0.25) is 5.91 Å². The summed E-state index contributed by atoms with van der Waals surface area (Å²) in [6, 6.07) is 3.04. The molecule has 0 saturated carbocycles. The van der Waals surface area contributed by atoms with Crippen LogP contribution in [0.5, 0.6) is 0 Å². The number of nitrogens with one attached hydrogen (secondary N) is 2. The lowest BCUT2D eigenvalue weighted by atomic mass is 9.80. The Morgan fingerprint density at radius 1 is 1.43 bits per heavy atom. The van der Waals surface area contributed by atoms with Crippen LogP contribution in [0, 0.1) is 5.21 Å². The van der Waals surface area contributed by atoms with Gasteiger partial charge < -0.3 is 26.1 Å². The topological polar surface area (TPSA) is 126 Å². The van der Waals surface area contributed by atoms with Gasteiger partial charge in [0.15, 0.2) is 12.4 Å². The fourth-order valence-electron chi connectivity index (χ4n) is 2.68. The summed E-state index contributed by atoms with van der Waals surface area (Å²) in [5.41, 5.74) is 0.889. The zero-order valence-electron chi connectivity index (χ0n) is 12.7. The van der Waals surface area contributed by atoms with Crippen LogP contribution in [0.2, 0.25) is 0 Å². The molecule has 1 atom stereocenters. The summed E-state index contributed by atoms with van der Waals surface area (Å²) in [6.45, 7) is 1.08. The molecule has 1 aliphatic heterocycles. The van der Waals surface area contributed by atoms with Gasteiger partial charge in [-0.15, -0.1) is 0 Å². The fraction of sp³-hybridized carbons (Fsp3) is 0.267. The molecule has 0 aromatic carbocycles. The lowest BCUT2D eigenvalue weighted by Gasteiger charge is -2.29. The largest absolute Gasteiger partial charge is 0.619 e. The summed E-state index contributed by atoms with van der Waals surface area (Å²) in [6.07, 6.45) is 2.47. The summed E-state index contributed by atoms with van der Waals surface area (Å²) in [5, 5.41) is 35.8. The summed E-state index contributed by atoms with van der Waals surface area (Å²) in [4.78, 5) is 23.9. The molecule has 0 fully saturated rings. The maximum absolute atomic E-state index is 12.3. The van der Waals surface area contributed by atoms with E-state index in [1.807, 2.05) is 0 Å². The van der Waals surface area contributed by atoms with Gasteiger partial charge >= 0.3 is 5.97 Å². The van der Waals surface area contributed by atoms with E-state index in [2.05, 4.69) is 10.6 Å². The van der Waals surface area contributed by atoms with Crippen LogP contribution in [0.15, 0.2) is 47.1 Å². The number of carbonyl (C=O) groups excluding carboxylic acids is 1. The lowest BCUT2D eigenvalue weighted by molar-refractivity contribution is -0.605. The second-order valence-electron chi connectivity index (χ2n) is 5.03. The highest BCUT2D eigenvalue weighted by atomic mass is 16.5. The van der Waals surface area contributed by atoms with Crippen LogP contribution in [-0.2, 0) is 9.59 Å². The molecule has 1 aromatic rings. The van der Waals surface area contributed by atoms with Crippen LogP contribution in [-0.4, -0.2) is 35.7 Å². The number of aliphatic hydroxyl groups is 1. The summed E-state index contributed by atoms with van der Waals surface area (Å²) < 4.78 is 0.534. The highest BCUT2D eigenvalue weighted by molar-refractivity contribution is 6.01. The van der Waals surface area contributed by atoms with Crippen molar-refractivity contribution in [2.45, 2.75) is 12.8 Å². The Morgan fingerprint density at radius 2 is 2.13 bits per heavy atom. The molecule has 0 bridgehead atoms. The van der Waals surface area contributed by atoms with E-state index in [4.69, 9.17) is 0 Å². The monoisotopic (exact) mass is 319 g/mol. The van der Waals surface area contributed by atoms with Crippen molar-refractivity contribution in [3.05, 3.63) is 57.8 Å². The molecule has 1 aromatic heterocycles. The van der Waals surface area contributed by atoms with Gasteiger partial charge in [0.05, 0.1) is 29.4 Å². The Labute approximate surface area is 132 Å². The van der Waals surface area contributed by atoms with E-state index in [1.54, 1.807) is 13.0 Å². The molecule has 8 heteroatoms. The number of aromatic nitrogens is 1. The Bertz CT molecular complexity index is 724. The lowest BCUT2D eigenvalue weighted by Crippen LogP contribution is -2.37. The number of aliphatic carboxylic acids is 1. The van der Waals surface area contributed by atoms with Crippen LogP contribution >= 0.6 is 0 Å². The number of carboxylic acid groups (broad SMARTS) is 1. The fourth-order valence-corrected chi connectivity index (χ4v) is 2.68. The van der Waals surface area contributed by atoms with Crippen molar-refractivity contribution < 1.29 is 24.5 Å². The standard InChI is InChI=1S/C15H17N3O5/c1-8-11(15(21)22)12(9-4-3-5-18(23)6-9)13(14(20)16-2)10(7-19)17-8/h3-6,12,17,19H,7H2,1-2H3,(H,16,20)(H,21,22). The zero-order chi connectivity index (χ0) is 17.1. The molecule has 1 amide bonds. The summed E-state index contributed by atoms with van der Waals surface area (Å²) >= 11 is 0. The third-order valence-electron chi connectivity index (χ3n) is 3.64. The number of allylic oxidation sites excluding steroid dienone is 1. The van der Waals surface area contributed by atoms with Gasteiger partial charge in [-0.25, -0.2) is 4.79 Å². The van der Waals surface area contributed by atoms with Gasteiger partial charge in [-0.3, -0.25) is 4.79 Å². The Hall–Kier alpha value is -2.87. The molecule has 2 heterocycles. The number of amides is 1. The first-order valence-corrected chi connectivity index (χ1v) is 6.86. The van der Waals surface area contributed by atoms with Crippen molar-refractivity contribution in [1.29, 1.82) is 0 Å². The highest BCUT2D eigenvalue weighted by Gasteiger charge is 2.37. The van der Waals surface area contributed by atoms with E-state index in [1.165, 1.54) is 25.5 Å². The molecule has 122 valence electrons. The van der Waals surface area contributed by atoms with E-state index in [-0.39, 0.29) is 16.8 Å². The molecule has 0 spiro atoms. The molecule has 0 radical (unpaired) electrons. The number of pyridine rings is 1. The predicted molar refractivity (Wildman–Crippen MR) is 79.8 cm³/mol. The van der Waals surface area contributed by atoms with Gasteiger partial charge in [0, 0.05) is 24.4 Å². The third kappa shape index (κ3) is 3.02. The Kier molecular flexibility index (Phi) is 4.65. The van der Waals surface area contributed by atoms with Crippen molar-refractivity contribution in [2.24, 2.45) is 0 Å². The predicted octanol–water partition coefficient (Wildman–Crippen LogP) is -0.642. The van der Waals surface area contributed by atoms with Crippen molar-refractivity contribution in [2.75, 3.05) is 13.7 Å². The van der Waals surface area contributed by atoms with E-state index in [0.717, 1.165) is 0 Å². The molecule has 0 saturated heterocycles. The second kappa shape index (κ2) is 6.49. The molecule has 2 rings (SSSR count). The first-order chi connectivity index (χ1) is 10.9. The molecule has 1 aliphatic rings. The van der Waals surface area contributed by atoms with Crippen LogP contribution in [0.1, 0.15) is 18.4 Å². The average molecular weight is 319 g/mol. The zero-order valence-corrected chi connectivity index (χ0v) is 12.7. The van der Waals surface area contributed by atoms with Crippen molar-refractivity contribution in [3.8, 4) is 0 Å². The van der Waals surface area contributed by atoms with Crippen LogP contribution in [0.4, 0.5) is 0 Å². The molecule has 8 nitrogen and oxygen atoms in total. The minimum absolute atomic E-state index is 0.0491. The van der Waals surface area contributed by atoms with Crippen molar-refractivity contribution in [1.82, 2.24) is 10.6 Å². The average Bonchev–Trinajstić information content (AvgIpc) is 2.52. The van der Waals surface area contributed by atoms with Crippen LogP contribution < -0.4 is 15.4 Å². The smallest absolute Gasteiger partial charge is 0.334 e. The summed E-state index contributed by atoms with van der Waals surface area (Å²) in [7, 11) is 1.41. The number of carboxylic acids is 1. The SMILES string of the molecule is CNC(=O)C1=C(CO)NC(C)=C(C(=O)O)C1c1ccc[n+]([O-])c1. The normalized spacial score (nSPS) is 17.8. The van der Waals surface area contributed by atoms with Crippen molar-refractivity contribution in [3.63, 3.8) is 0 Å². The number of rotatable bonds is 4. The van der Waals surface area contributed by atoms with E-state index < -0.39 is 24.4 Å². The first-order valence-electron chi connectivity index (χ1n) is 6.86. The first kappa shape index (κ1) is 16.5. The van der Waals surface area contributed by atoms with Gasteiger partial charge in [-0.2, -0.15) is 4.73 Å². The van der Waals surface area contributed by atoms with Gasteiger partial charge in [-0.1, -0.05) is 0 Å². The molecular formula is C15H17N3O5. The van der Waals surface area contributed by atoms with Gasteiger partial charge in [-0.05, 0) is 13.0 Å². The number of hydrogen-bond acceptors (Lipinski definition) is 5. The third-order valence-corrected chi connectivity index (χ3v) is 3.64. The Balaban J connectivity index is 2.73. The van der Waals surface area contributed by atoms with E-state index in [0.29, 0.717) is 16.0 Å². The van der Waals surface area contributed by atoms with E-state index in [9.17, 15) is 25.0 Å². The Morgan fingerprint density at radius 3 is 2.65 bits per heavy atom. The number of carbonyl (C=O) groups is 2. The number of likely N-dealkylation sites (N-methyl/N-ethyl adjacent to an activating group) is 1. The molecule has 1 unspecified atom stereocenters. The minimum atomic E-state index is -1.21. The summed E-state index contributed by atoms with van der Waals surface area (Å²) in [5.74, 6) is -2.70. The molecule has 0 aliphatic carbocycles. The maximum Gasteiger partial charge on any atom is 0.334 e. The van der Waals surface area contributed by atoms with E-state index >= 15 is 0 Å². The van der Waals surface area contributed by atoms with Gasteiger partial charge in [0.25, 0.3) is 0 Å². The number of aliphatic hydroxyl groups excluding tert-OH is 1. The number of hydrogen-bond donors (Lipinski definition) is 4.